The maximum atomic E-state index is 12.1. The molecule has 6 nitrogen and oxygen atoms in total. The molecule has 0 spiro atoms. The van der Waals surface area contributed by atoms with Crippen LogP contribution in [0, 0.1) is 0 Å². The summed E-state index contributed by atoms with van der Waals surface area (Å²) in [6, 6.07) is 9.71. The number of aliphatic hydroxyl groups is 1. The number of carbonyl (C=O) groups is 1. The monoisotopic (exact) mass is 354 g/mol. The van der Waals surface area contributed by atoms with Gasteiger partial charge in [0.25, 0.3) is 0 Å². The molecular weight excluding hydrogens is 328 g/mol. The maximum Gasteiger partial charge on any atom is 0.220 e. The predicted octanol–water partition coefficient (Wildman–Crippen LogP) is 1.95. The number of piperidine rings is 1. The van der Waals surface area contributed by atoms with Gasteiger partial charge in [-0.25, -0.2) is 4.98 Å². The van der Waals surface area contributed by atoms with Crippen LogP contribution in [0.1, 0.15) is 31.2 Å². The van der Waals surface area contributed by atoms with Crippen LogP contribution in [0.15, 0.2) is 48.9 Å². The first kappa shape index (κ1) is 18.3. The Hall–Kier alpha value is -2.47. The van der Waals surface area contributed by atoms with Crippen molar-refractivity contribution in [2.45, 2.75) is 37.7 Å². The Morgan fingerprint density at radius 3 is 2.85 bits per heavy atom. The summed E-state index contributed by atoms with van der Waals surface area (Å²) >= 11 is 0. The highest BCUT2D eigenvalue weighted by atomic mass is 16.3. The second-order valence-corrected chi connectivity index (χ2v) is 6.92. The number of carbonyl (C=O) groups excluding carboxylic acids is 1. The lowest BCUT2D eigenvalue weighted by Crippen LogP contribution is -2.54. The highest BCUT2D eigenvalue weighted by Crippen LogP contribution is 2.24. The first-order valence-electron chi connectivity index (χ1n) is 9.19. The number of aryl methyl sites for hydroxylation is 1. The van der Waals surface area contributed by atoms with E-state index in [-0.39, 0.29) is 12.5 Å². The molecule has 2 aromatic rings. The average Bonchev–Trinajstić information content (AvgIpc) is 2.68. The second-order valence-electron chi connectivity index (χ2n) is 6.92. The zero-order valence-electron chi connectivity index (χ0n) is 15.0. The summed E-state index contributed by atoms with van der Waals surface area (Å²) in [5.41, 5.74) is 0.279. The van der Waals surface area contributed by atoms with Crippen LogP contribution in [0.5, 0.6) is 0 Å². The molecule has 1 aliphatic heterocycles. The molecule has 0 saturated carbocycles. The van der Waals surface area contributed by atoms with E-state index in [1.165, 1.54) is 5.56 Å². The van der Waals surface area contributed by atoms with Gasteiger partial charge in [0.15, 0.2) is 0 Å². The van der Waals surface area contributed by atoms with Crippen LogP contribution >= 0.6 is 0 Å². The van der Waals surface area contributed by atoms with Crippen molar-refractivity contribution in [2.24, 2.45) is 0 Å². The number of pyridine rings is 2. The van der Waals surface area contributed by atoms with Crippen LogP contribution in [-0.4, -0.2) is 46.2 Å². The molecule has 3 rings (SSSR count). The second kappa shape index (κ2) is 8.76. The van der Waals surface area contributed by atoms with Crippen molar-refractivity contribution in [3.05, 3.63) is 54.5 Å². The topological polar surface area (TPSA) is 78.3 Å². The number of rotatable bonds is 7. The molecule has 3 heterocycles. The number of nitrogens with zero attached hydrogens (tertiary/aromatic N) is 3. The Labute approximate surface area is 154 Å². The SMILES string of the molecule is O=C(CCCc1ccncc1)NC[C@]1(O)CCCN(c2ccccn2)C1. The van der Waals surface area contributed by atoms with E-state index < -0.39 is 5.60 Å². The van der Waals surface area contributed by atoms with Crippen molar-refractivity contribution >= 4 is 11.7 Å². The van der Waals surface area contributed by atoms with E-state index in [1.54, 1.807) is 18.6 Å². The molecule has 26 heavy (non-hydrogen) atoms. The number of nitrogens with one attached hydrogen (secondary N) is 1. The number of amides is 1. The minimum atomic E-state index is -0.906. The lowest BCUT2D eigenvalue weighted by molar-refractivity contribution is -0.122. The van der Waals surface area contributed by atoms with Crippen molar-refractivity contribution < 1.29 is 9.90 Å². The summed E-state index contributed by atoms with van der Waals surface area (Å²) in [4.78, 5) is 22.5. The summed E-state index contributed by atoms with van der Waals surface area (Å²) in [5, 5.41) is 13.8. The van der Waals surface area contributed by atoms with Gasteiger partial charge in [-0.2, -0.15) is 0 Å². The van der Waals surface area contributed by atoms with Crippen molar-refractivity contribution in [3.63, 3.8) is 0 Å². The van der Waals surface area contributed by atoms with Gasteiger partial charge in [-0.05, 0) is 55.5 Å². The van der Waals surface area contributed by atoms with Crippen LogP contribution < -0.4 is 10.2 Å². The van der Waals surface area contributed by atoms with Crippen LogP contribution in [0.4, 0.5) is 5.82 Å². The van der Waals surface area contributed by atoms with Gasteiger partial charge in [-0.1, -0.05) is 6.07 Å². The normalized spacial score (nSPS) is 20.0. The van der Waals surface area contributed by atoms with E-state index in [4.69, 9.17) is 0 Å². The van der Waals surface area contributed by atoms with Gasteiger partial charge < -0.3 is 15.3 Å². The number of β-amino-alcohol motifs (C(OH)–C–C–N with tert-alkyl or cyclic N) is 1. The van der Waals surface area contributed by atoms with Gasteiger partial charge in [0.2, 0.25) is 5.91 Å². The fourth-order valence-corrected chi connectivity index (χ4v) is 3.35. The lowest BCUT2D eigenvalue weighted by Gasteiger charge is -2.39. The van der Waals surface area contributed by atoms with Crippen LogP contribution in [0.2, 0.25) is 0 Å². The number of hydrogen-bond donors (Lipinski definition) is 2. The molecule has 0 bridgehead atoms. The molecule has 0 radical (unpaired) electrons. The Morgan fingerprint density at radius 1 is 1.23 bits per heavy atom. The molecule has 138 valence electrons. The molecule has 1 amide bonds. The predicted molar refractivity (Wildman–Crippen MR) is 101 cm³/mol. The Kier molecular flexibility index (Phi) is 6.17. The van der Waals surface area contributed by atoms with Crippen molar-refractivity contribution in [2.75, 3.05) is 24.5 Å². The van der Waals surface area contributed by atoms with E-state index in [0.717, 1.165) is 31.6 Å². The lowest BCUT2D eigenvalue weighted by atomic mass is 9.92. The smallest absolute Gasteiger partial charge is 0.220 e. The third-order valence-electron chi connectivity index (χ3n) is 4.76. The molecule has 0 aromatic carbocycles. The van der Waals surface area contributed by atoms with Gasteiger partial charge >= 0.3 is 0 Å². The molecule has 1 aliphatic rings. The highest BCUT2D eigenvalue weighted by molar-refractivity contribution is 5.75. The first-order chi connectivity index (χ1) is 12.6. The van der Waals surface area contributed by atoms with E-state index in [2.05, 4.69) is 20.2 Å². The van der Waals surface area contributed by atoms with Crippen LogP contribution in [-0.2, 0) is 11.2 Å². The molecular formula is C20H26N4O2. The third kappa shape index (κ3) is 5.26. The summed E-state index contributed by atoms with van der Waals surface area (Å²) in [5.74, 6) is 0.858. The minimum Gasteiger partial charge on any atom is -0.386 e. The quantitative estimate of drug-likeness (QED) is 0.795. The van der Waals surface area contributed by atoms with E-state index in [1.807, 2.05) is 30.3 Å². The minimum absolute atomic E-state index is 0.0116. The van der Waals surface area contributed by atoms with E-state index in [9.17, 15) is 9.90 Å². The van der Waals surface area contributed by atoms with Gasteiger partial charge in [-0.3, -0.25) is 9.78 Å². The summed E-state index contributed by atoms with van der Waals surface area (Å²) in [7, 11) is 0. The largest absolute Gasteiger partial charge is 0.386 e. The van der Waals surface area contributed by atoms with Crippen molar-refractivity contribution in [1.29, 1.82) is 0 Å². The standard InChI is InChI=1S/C20H26N4O2/c25-19(7-3-5-17-8-12-21-13-9-17)23-15-20(26)10-4-14-24(16-20)18-6-1-2-11-22-18/h1-2,6,8-9,11-13,26H,3-5,7,10,14-16H2,(H,23,25)/t20-/m1/s1. The number of hydrogen-bond acceptors (Lipinski definition) is 5. The van der Waals surface area contributed by atoms with Gasteiger partial charge in [0.1, 0.15) is 5.82 Å². The van der Waals surface area contributed by atoms with E-state index in [0.29, 0.717) is 19.4 Å². The molecule has 1 fully saturated rings. The molecule has 0 aliphatic carbocycles. The van der Waals surface area contributed by atoms with Gasteiger partial charge in [0.05, 0.1) is 5.60 Å². The fourth-order valence-electron chi connectivity index (χ4n) is 3.35. The molecule has 2 N–H and O–H groups in total. The van der Waals surface area contributed by atoms with Crippen molar-refractivity contribution in [3.8, 4) is 0 Å². The van der Waals surface area contributed by atoms with Crippen LogP contribution in [0.25, 0.3) is 0 Å². The van der Waals surface area contributed by atoms with Crippen LogP contribution in [0.3, 0.4) is 0 Å². The Balaban J connectivity index is 1.43. The number of anilines is 1. The average molecular weight is 354 g/mol. The van der Waals surface area contributed by atoms with E-state index >= 15 is 0 Å². The Bertz CT molecular complexity index is 695. The summed E-state index contributed by atoms with van der Waals surface area (Å²) in [6.07, 6.45) is 8.96. The summed E-state index contributed by atoms with van der Waals surface area (Å²) in [6.45, 7) is 1.64. The maximum absolute atomic E-state index is 12.1. The Morgan fingerprint density at radius 2 is 2.08 bits per heavy atom. The molecule has 6 heteroatoms. The zero-order chi connectivity index (χ0) is 18.2. The molecule has 2 aromatic heterocycles. The molecule has 1 atom stereocenters. The first-order valence-corrected chi connectivity index (χ1v) is 9.19. The molecule has 1 saturated heterocycles. The van der Waals surface area contributed by atoms with Gasteiger partial charge in [0, 0.05) is 44.6 Å². The third-order valence-corrected chi connectivity index (χ3v) is 4.76. The zero-order valence-corrected chi connectivity index (χ0v) is 15.0. The summed E-state index contributed by atoms with van der Waals surface area (Å²) < 4.78 is 0. The highest BCUT2D eigenvalue weighted by Gasteiger charge is 2.34. The fraction of sp³-hybridized carbons (Fsp3) is 0.450. The number of aromatic nitrogens is 2. The van der Waals surface area contributed by atoms with Crippen molar-refractivity contribution in [1.82, 2.24) is 15.3 Å². The molecule has 0 unspecified atom stereocenters. The van der Waals surface area contributed by atoms with Gasteiger partial charge in [-0.15, -0.1) is 0 Å².